The maximum absolute atomic E-state index is 13.4. The van der Waals surface area contributed by atoms with Gasteiger partial charge >= 0.3 is 12.1 Å². The van der Waals surface area contributed by atoms with Crippen LogP contribution in [0.15, 0.2) is 18.2 Å². The molecule has 0 atom stereocenters. The van der Waals surface area contributed by atoms with Gasteiger partial charge in [-0.1, -0.05) is 17.7 Å². The predicted molar refractivity (Wildman–Crippen MR) is 63.8 cm³/mol. The molecule has 0 aromatic heterocycles. The number of halogens is 5. The Kier molecular flexibility index (Phi) is 4.14. The summed E-state index contributed by atoms with van der Waals surface area (Å²) in [6.07, 6.45) is -5.07. The lowest BCUT2D eigenvalue weighted by atomic mass is 9.87. The van der Waals surface area contributed by atoms with Crippen molar-refractivity contribution in [1.29, 1.82) is 0 Å². The molecular formula is C12H10ClF4NO3. The Morgan fingerprint density at radius 2 is 2.00 bits per heavy atom. The van der Waals surface area contributed by atoms with Crippen LogP contribution in [0.4, 0.5) is 17.6 Å². The Labute approximate surface area is 122 Å². The molecule has 0 N–H and O–H groups in total. The van der Waals surface area contributed by atoms with Crippen LogP contribution in [0.5, 0.6) is 0 Å². The zero-order chi connectivity index (χ0) is 15.8. The van der Waals surface area contributed by atoms with Crippen LogP contribution >= 0.6 is 11.6 Å². The minimum Gasteiger partial charge on any atom is -0.371 e. The van der Waals surface area contributed by atoms with E-state index in [4.69, 9.17) is 16.3 Å². The molecule has 1 aromatic carbocycles. The maximum Gasteiger partial charge on any atom is 0.492 e. The Hall–Kier alpha value is -1.38. The lowest BCUT2D eigenvalue weighted by molar-refractivity contribution is -0.292. The highest BCUT2D eigenvalue weighted by molar-refractivity contribution is 6.30. The van der Waals surface area contributed by atoms with E-state index in [2.05, 4.69) is 4.84 Å². The predicted octanol–water partition coefficient (Wildman–Crippen LogP) is 2.66. The van der Waals surface area contributed by atoms with Gasteiger partial charge in [0.1, 0.15) is 11.4 Å². The Bertz CT molecular complexity index is 558. The molecule has 1 aliphatic heterocycles. The number of hydrogen-bond acceptors (Lipinski definition) is 4. The summed E-state index contributed by atoms with van der Waals surface area (Å²) in [6, 6.07) is 3.95. The number of carbonyl (C=O) groups excluding carboxylic acids is 1. The van der Waals surface area contributed by atoms with E-state index in [9.17, 15) is 22.4 Å². The summed E-state index contributed by atoms with van der Waals surface area (Å²) in [4.78, 5) is 14.8. The standard InChI is InChI=1S/C12H10ClF4NO3/c1-20-11(7-2-3-8(13)9(14)4-7)5-18(6-11)21-10(19)12(15,16)17/h2-4H,5-6H2,1H3. The van der Waals surface area contributed by atoms with Crippen LogP contribution in [0.1, 0.15) is 5.56 Å². The van der Waals surface area contributed by atoms with Gasteiger partial charge in [0.15, 0.2) is 0 Å². The molecule has 4 nitrogen and oxygen atoms in total. The molecule has 0 radical (unpaired) electrons. The molecule has 9 heteroatoms. The third-order valence-corrected chi connectivity index (χ3v) is 3.45. The molecule has 1 fully saturated rings. The summed E-state index contributed by atoms with van der Waals surface area (Å²) in [5.41, 5.74) is -0.650. The molecule has 0 amide bonds. The molecule has 116 valence electrons. The minimum absolute atomic E-state index is 0.0790. The van der Waals surface area contributed by atoms with E-state index in [1.54, 1.807) is 0 Å². The fourth-order valence-electron chi connectivity index (χ4n) is 1.97. The number of hydroxylamine groups is 2. The lowest BCUT2D eigenvalue weighted by Gasteiger charge is -2.47. The lowest BCUT2D eigenvalue weighted by Crippen LogP contribution is -2.61. The van der Waals surface area contributed by atoms with E-state index in [1.165, 1.54) is 19.2 Å². The van der Waals surface area contributed by atoms with E-state index in [-0.39, 0.29) is 18.1 Å². The smallest absolute Gasteiger partial charge is 0.371 e. The molecular weight excluding hydrogens is 318 g/mol. The van der Waals surface area contributed by atoms with Crippen LogP contribution < -0.4 is 0 Å². The van der Waals surface area contributed by atoms with Crippen molar-refractivity contribution in [1.82, 2.24) is 5.06 Å². The van der Waals surface area contributed by atoms with Gasteiger partial charge in [0.25, 0.3) is 0 Å². The maximum atomic E-state index is 13.4. The number of benzene rings is 1. The van der Waals surface area contributed by atoms with Gasteiger partial charge in [0.05, 0.1) is 18.1 Å². The molecule has 0 saturated carbocycles. The third kappa shape index (κ3) is 3.12. The number of rotatable bonds is 3. The molecule has 0 aliphatic carbocycles. The largest absolute Gasteiger partial charge is 0.492 e. The van der Waals surface area contributed by atoms with Crippen molar-refractivity contribution in [3.05, 3.63) is 34.6 Å². The quantitative estimate of drug-likeness (QED) is 0.800. The summed E-state index contributed by atoms with van der Waals surface area (Å²) in [5.74, 6) is -2.98. The topological polar surface area (TPSA) is 38.8 Å². The summed E-state index contributed by atoms with van der Waals surface area (Å²) >= 11 is 5.56. The van der Waals surface area contributed by atoms with E-state index < -0.39 is 23.6 Å². The van der Waals surface area contributed by atoms with Crippen molar-refractivity contribution in [2.24, 2.45) is 0 Å². The molecule has 2 rings (SSSR count). The molecule has 1 heterocycles. The zero-order valence-corrected chi connectivity index (χ0v) is 11.5. The number of alkyl halides is 3. The van der Waals surface area contributed by atoms with Gasteiger partial charge in [0.2, 0.25) is 0 Å². The van der Waals surface area contributed by atoms with Gasteiger partial charge in [-0.05, 0) is 17.7 Å². The van der Waals surface area contributed by atoms with Crippen LogP contribution in [0.25, 0.3) is 0 Å². The highest BCUT2D eigenvalue weighted by Crippen LogP contribution is 2.37. The highest BCUT2D eigenvalue weighted by atomic mass is 35.5. The number of methoxy groups -OCH3 is 1. The van der Waals surface area contributed by atoms with Crippen molar-refractivity contribution in [3.63, 3.8) is 0 Å². The molecule has 0 unspecified atom stereocenters. The number of ether oxygens (including phenoxy) is 1. The third-order valence-electron chi connectivity index (χ3n) is 3.14. The van der Waals surface area contributed by atoms with Crippen molar-refractivity contribution in [2.75, 3.05) is 20.2 Å². The van der Waals surface area contributed by atoms with Crippen molar-refractivity contribution >= 4 is 17.6 Å². The van der Waals surface area contributed by atoms with Crippen LogP contribution in [-0.2, 0) is 20.0 Å². The molecule has 21 heavy (non-hydrogen) atoms. The van der Waals surface area contributed by atoms with E-state index in [0.717, 1.165) is 11.1 Å². The van der Waals surface area contributed by atoms with Crippen molar-refractivity contribution in [2.45, 2.75) is 11.8 Å². The monoisotopic (exact) mass is 327 g/mol. The van der Waals surface area contributed by atoms with Crippen molar-refractivity contribution < 1.29 is 31.9 Å². The van der Waals surface area contributed by atoms with E-state index in [1.807, 2.05) is 0 Å². The van der Waals surface area contributed by atoms with Crippen molar-refractivity contribution in [3.8, 4) is 0 Å². The van der Waals surface area contributed by atoms with Gasteiger partial charge in [-0.15, -0.1) is 5.06 Å². The summed E-state index contributed by atoms with van der Waals surface area (Å²) in [5, 5.41) is 0.718. The van der Waals surface area contributed by atoms with Gasteiger partial charge in [-0.2, -0.15) is 13.2 Å². The number of carbonyl (C=O) groups is 1. The molecule has 0 bridgehead atoms. The van der Waals surface area contributed by atoms with Crippen LogP contribution in [0, 0.1) is 5.82 Å². The Morgan fingerprint density at radius 3 is 2.48 bits per heavy atom. The second kappa shape index (κ2) is 5.43. The first-order chi connectivity index (χ1) is 9.68. The van der Waals surface area contributed by atoms with Gasteiger partial charge < -0.3 is 9.57 Å². The number of hydrogen-bond donors (Lipinski definition) is 0. The van der Waals surface area contributed by atoms with E-state index in [0.29, 0.717) is 5.56 Å². The van der Waals surface area contributed by atoms with Gasteiger partial charge in [-0.3, -0.25) is 0 Å². The molecule has 0 spiro atoms. The Balaban J connectivity index is 2.07. The fourth-order valence-corrected chi connectivity index (χ4v) is 2.08. The minimum atomic E-state index is -5.07. The Morgan fingerprint density at radius 1 is 1.38 bits per heavy atom. The van der Waals surface area contributed by atoms with Crippen LogP contribution in [0.2, 0.25) is 5.02 Å². The molecule has 1 aromatic rings. The highest BCUT2D eigenvalue weighted by Gasteiger charge is 2.50. The average Bonchev–Trinajstić information content (AvgIpc) is 2.35. The zero-order valence-electron chi connectivity index (χ0n) is 10.7. The molecule has 1 aliphatic rings. The SMILES string of the molecule is COC1(c2ccc(Cl)c(F)c2)CN(OC(=O)C(F)(F)F)C1. The first kappa shape index (κ1) is 16.0. The fraction of sp³-hybridized carbons (Fsp3) is 0.417. The van der Waals surface area contributed by atoms with Crippen LogP contribution in [-0.4, -0.2) is 37.4 Å². The molecule has 1 saturated heterocycles. The first-order valence-corrected chi connectivity index (χ1v) is 6.10. The van der Waals surface area contributed by atoms with Gasteiger partial charge in [0, 0.05) is 7.11 Å². The normalized spacial score (nSPS) is 18.2. The second-order valence-electron chi connectivity index (χ2n) is 4.50. The summed E-state index contributed by atoms with van der Waals surface area (Å²) in [6.45, 7) is -0.293. The van der Waals surface area contributed by atoms with Crippen LogP contribution in [0.3, 0.4) is 0 Å². The van der Waals surface area contributed by atoms with Gasteiger partial charge in [-0.25, -0.2) is 9.18 Å². The summed E-state index contributed by atoms with van der Waals surface area (Å²) in [7, 11) is 1.33. The first-order valence-electron chi connectivity index (χ1n) is 5.73. The van der Waals surface area contributed by atoms with E-state index >= 15 is 0 Å². The average molecular weight is 328 g/mol. The second-order valence-corrected chi connectivity index (χ2v) is 4.91. The number of nitrogens with zero attached hydrogens (tertiary/aromatic N) is 1. The summed E-state index contributed by atoms with van der Waals surface area (Å²) < 4.78 is 54.9.